The van der Waals surface area contributed by atoms with Gasteiger partial charge in [-0.2, -0.15) is 9.97 Å². The highest BCUT2D eigenvalue weighted by Crippen LogP contribution is 2.15. The molecule has 7 nitrogen and oxygen atoms in total. The Balaban J connectivity index is 1.79. The lowest BCUT2D eigenvalue weighted by molar-refractivity contribution is 0.262. The third-order valence-corrected chi connectivity index (χ3v) is 3.26. The number of carbonyl (C=O) groups is 1. The van der Waals surface area contributed by atoms with E-state index in [0.29, 0.717) is 17.3 Å². The molecule has 24 heavy (non-hydrogen) atoms. The second-order valence-electron chi connectivity index (χ2n) is 5.14. The summed E-state index contributed by atoms with van der Waals surface area (Å²) in [7, 11) is 0. The maximum atomic E-state index is 12.2. The van der Waals surface area contributed by atoms with E-state index in [4.69, 9.17) is 0 Å². The molecule has 1 aromatic carbocycles. The van der Waals surface area contributed by atoms with Gasteiger partial charge in [0.05, 0.1) is 0 Å². The summed E-state index contributed by atoms with van der Waals surface area (Å²) in [5.74, 6) is 1.08. The van der Waals surface area contributed by atoms with E-state index in [9.17, 15) is 4.79 Å². The van der Waals surface area contributed by atoms with Gasteiger partial charge in [0.1, 0.15) is 11.5 Å². The van der Waals surface area contributed by atoms with Gasteiger partial charge in [0.15, 0.2) is 5.82 Å². The van der Waals surface area contributed by atoms with Gasteiger partial charge in [0.2, 0.25) is 5.95 Å². The Hall–Kier alpha value is -3.35. The van der Waals surface area contributed by atoms with E-state index in [-0.39, 0.29) is 5.95 Å². The Morgan fingerprint density at radius 3 is 2.46 bits per heavy atom. The van der Waals surface area contributed by atoms with Gasteiger partial charge in [-0.3, -0.25) is 10.3 Å². The van der Waals surface area contributed by atoms with Gasteiger partial charge >= 0.3 is 6.03 Å². The molecule has 0 aliphatic heterocycles. The summed E-state index contributed by atoms with van der Waals surface area (Å²) in [4.78, 5) is 29.0. The summed E-state index contributed by atoms with van der Waals surface area (Å²) in [6.07, 6.45) is 1.66. The second kappa shape index (κ2) is 6.82. The van der Waals surface area contributed by atoms with Gasteiger partial charge in [-0.15, -0.1) is 0 Å². The van der Waals surface area contributed by atoms with Gasteiger partial charge in [-0.1, -0.05) is 24.3 Å². The van der Waals surface area contributed by atoms with Crippen LogP contribution in [0.25, 0.3) is 11.5 Å². The molecule has 120 valence electrons. The maximum absolute atomic E-state index is 12.2. The zero-order valence-electron chi connectivity index (χ0n) is 13.3. The highest BCUT2D eigenvalue weighted by atomic mass is 16.2. The van der Waals surface area contributed by atoms with Crippen molar-refractivity contribution in [2.45, 2.75) is 13.8 Å². The van der Waals surface area contributed by atoms with E-state index in [1.165, 1.54) is 0 Å². The van der Waals surface area contributed by atoms with Crippen molar-refractivity contribution < 1.29 is 4.79 Å². The number of carbonyl (C=O) groups excluding carboxylic acids is 1. The second-order valence-corrected chi connectivity index (χ2v) is 5.14. The number of hydrogen-bond acceptors (Lipinski definition) is 5. The molecule has 0 saturated heterocycles. The molecule has 0 radical (unpaired) electrons. The van der Waals surface area contributed by atoms with E-state index in [0.717, 1.165) is 11.3 Å². The van der Waals surface area contributed by atoms with Gasteiger partial charge < -0.3 is 5.32 Å². The fraction of sp³-hybridized carbons (Fsp3) is 0.118. The number of urea groups is 1. The molecule has 0 aliphatic carbocycles. The van der Waals surface area contributed by atoms with Crippen LogP contribution in [0.4, 0.5) is 16.4 Å². The first-order chi connectivity index (χ1) is 11.6. The van der Waals surface area contributed by atoms with Crippen molar-refractivity contribution in [3.63, 3.8) is 0 Å². The van der Waals surface area contributed by atoms with E-state index in [1.807, 2.05) is 43.3 Å². The molecule has 2 heterocycles. The quantitative estimate of drug-likeness (QED) is 0.773. The molecule has 2 aromatic heterocycles. The van der Waals surface area contributed by atoms with Crippen LogP contribution in [0.3, 0.4) is 0 Å². The van der Waals surface area contributed by atoms with Crippen LogP contribution in [-0.2, 0) is 0 Å². The minimum Gasteiger partial charge on any atom is -0.307 e. The van der Waals surface area contributed by atoms with Crippen LogP contribution in [0.5, 0.6) is 0 Å². The molecule has 0 saturated carbocycles. The number of rotatable bonds is 3. The van der Waals surface area contributed by atoms with Crippen LogP contribution >= 0.6 is 0 Å². The number of hydrogen-bond donors (Lipinski definition) is 2. The summed E-state index contributed by atoms with van der Waals surface area (Å²) >= 11 is 0. The zero-order chi connectivity index (χ0) is 16.9. The Labute approximate surface area is 139 Å². The van der Waals surface area contributed by atoms with Gasteiger partial charge in [-0.05, 0) is 37.6 Å². The Kier molecular flexibility index (Phi) is 4.42. The average molecular weight is 320 g/mol. The first kappa shape index (κ1) is 15.5. The van der Waals surface area contributed by atoms with Crippen LogP contribution in [0.15, 0.2) is 48.7 Å². The molecule has 3 aromatic rings. The Morgan fingerprint density at radius 2 is 1.71 bits per heavy atom. The highest BCUT2D eigenvalue weighted by Gasteiger charge is 2.10. The number of nitrogens with one attached hydrogen (secondary N) is 2. The highest BCUT2D eigenvalue weighted by molar-refractivity contribution is 5.99. The predicted octanol–water partition coefficient (Wildman–Crippen LogP) is 3.19. The minimum absolute atomic E-state index is 0.175. The summed E-state index contributed by atoms with van der Waals surface area (Å²) < 4.78 is 0. The van der Waals surface area contributed by atoms with Crippen molar-refractivity contribution in [2.75, 3.05) is 10.6 Å². The average Bonchev–Trinajstić information content (AvgIpc) is 2.57. The van der Waals surface area contributed by atoms with E-state index in [1.54, 1.807) is 19.2 Å². The van der Waals surface area contributed by atoms with Crippen molar-refractivity contribution in [3.8, 4) is 11.5 Å². The summed E-state index contributed by atoms with van der Waals surface area (Å²) in [5, 5.41) is 5.40. The lowest BCUT2D eigenvalue weighted by Gasteiger charge is -2.09. The first-order valence-corrected chi connectivity index (χ1v) is 7.39. The lowest BCUT2D eigenvalue weighted by Crippen LogP contribution is -2.22. The number of benzene rings is 1. The van der Waals surface area contributed by atoms with Crippen LogP contribution in [0.2, 0.25) is 0 Å². The van der Waals surface area contributed by atoms with Crippen LogP contribution in [0.1, 0.15) is 11.4 Å². The van der Waals surface area contributed by atoms with E-state index >= 15 is 0 Å². The molecule has 0 fully saturated rings. The minimum atomic E-state index is -0.415. The third kappa shape index (κ3) is 3.70. The van der Waals surface area contributed by atoms with Gasteiger partial charge in [0, 0.05) is 11.9 Å². The van der Waals surface area contributed by atoms with Crippen molar-refractivity contribution >= 4 is 17.7 Å². The normalized spacial score (nSPS) is 10.2. The van der Waals surface area contributed by atoms with Crippen molar-refractivity contribution in [2.24, 2.45) is 0 Å². The largest absolute Gasteiger partial charge is 0.326 e. The predicted molar refractivity (Wildman–Crippen MR) is 91.6 cm³/mol. The van der Waals surface area contributed by atoms with Crippen molar-refractivity contribution in [1.29, 1.82) is 0 Å². The standard InChI is InChI=1S/C17H16N6O/c1-11-7-3-4-8-13(11)21-17(24)23-16-20-12(2)19-15(22-16)14-9-5-6-10-18-14/h3-10H,1-2H3,(H2,19,20,21,22,23,24). The molecule has 0 bridgehead atoms. The van der Waals surface area contributed by atoms with Crippen molar-refractivity contribution in [1.82, 2.24) is 19.9 Å². The van der Waals surface area contributed by atoms with Crippen LogP contribution in [0, 0.1) is 13.8 Å². The molecule has 2 amide bonds. The molecule has 3 rings (SSSR count). The summed E-state index contributed by atoms with van der Waals surface area (Å²) in [6.45, 7) is 3.65. The van der Waals surface area contributed by atoms with Crippen molar-refractivity contribution in [3.05, 3.63) is 60.0 Å². The number of nitrogens with zero attached hydrogens (tertiary/aromatic N) is 4. The fourth-order valence-corrected chi connectivity index (χ4v) is 2.12. The number of para-hydroxylation sites is 1. The molecule has 0 unspecified atom stereocenters. The van der Waals surface area contributed by atoms with Crippen LogP contribution < -0.4 is 10.6 Å². The molecule has 2 N–H and O–H groups in total. The number of aryl methyl sites for hydroxylation is 2. The molecule has 0 aliphatic rings. The smallest absolute Gasteiger partial charge is 0.307 e. The monoisotopic (exact) mass is 320 g/mol. The number of pyridine rings is 1. The molecular formula is C17H16N6O. The van der Waals surface area contributed by atoms with E-state index in [2.05, 4.69) is 30.6 Å². The van der Waals surface area contributed by atoms with Gasteiger partial charge in [-0.25, -0.2) is 9.78 Å². The topological polar surface area (TPSA) is 92.7 Å². The SMILES string of the molecule is Cc1nc(NC(=O)Nc2ccccc2C)nc(-c2ccccn2)n1. The Bertz CT molecular complexity index is 866. The van der Waals surface area contributed by atoms with E-state index < -0.39 is 6.03 Å². The lowest BCUT2D eigenvalue weighted by atomic mass is 10.2. The molecule has 7 heteroatoms. The summed E-state index contributed by atoms with van der Waals surface area (Å²) in [5.41, 5.74) is 2.31. The fourth-order valence-electron chi connectivity index (χ4n) is 2.12. The number of aromatic nitrogens is 4. The molecule has 0 spiro atoms. The summed E-state index contributed by atoms with van der Waals surface area (Å²) in [6, 6.07) is 12.6. The van der Waals surface area contributed by atoms with Crippen LogP contribution in [-0.4, -0.2) is 26.0 Å². The Morgan fingerprint density at radius 1 is 0.917 bits per heavy atom. The third-order valence-electron chi connectivity index (χ3n) is 3.26. The maximum Gasteiger partial charge on any atom is 0.326 e. The molecule has 0 atom stereocenters. The number of amides is 2. The van der Waals surface area contributed by atoms with Gasteiger partial charge in [0.25, 0.3) is 0 Å². The zero-order valence-corrected chi connectivity index (χ0v) is 13.3. The first-order valence-electron chi connectivity index (χ1n) is 7.39. The number of anilines is 2. The molecular weight excluding hydrogens is 304 g/mol.